The molecule has 0 amide bonds. The minimum Gasteiger partial charge on any atom is -0.311 e. The number of nitrogens with one attached hydrogen (secondary N) is 3. The first-order chi connectivity index (χ1) is 9.28. The van der Waals surface area contributed by atoms with Crippen LogP contribution in [0, 0.1) is 0 Å². The smallest absolute Gasteiger partial charge is 0.0242 e. The van der Waals surface area contributed by atoms with Gasteiger partial charge in [0.05, 0.1) is 0 Å². The average molecular weight is 264 g/mol. The van der Waals surface area contributed by atoms with Crippen molar-refractivity contribution in [3.8, 4) is 0 Å². The van der Waals surface area contributed by atoms with Crippen molar-refractivity contribution in [1.82, 2.24) is 21.1 Å². The van der Waals surface area contributed by atoms with Gasteiger partial charge >= 0.3 is 0 Å². The molecule has 4 heterocycles. The standard InChI is InChI=1S/C15H28N4/c1-19-14-4-5-15(19)9-13(8-14)18-17-12-6-10-2-3-11(7-12)16-10/h10-18H,2-9H2,1H3. The molecule has 4 fully saturated rings. The Kier molecular flexibility index (Phi) is 3.30. The second kappa shape index (κ2) is 4.99. The average Bonchev–Trinajstić information content (AvgIpc) is 2.84. The molecule has 3 N–H and O–H groups in total. The summed E-state index contributed by atoms with van der Waals surface area (Å²) in [7, 11) is 2.32. The van der Waals surface area contributed by atoms with Crippen molar-refractivity contribution in [2.45, 2.75) is 87.6 Å². The molecule has 4 nitrogen and oxygen atoms in total. The van der Waals surface area contributed by atoms with Crippen LogP contribution in [0.5, 0.6) is 0 Å². The lowest BCUT2D eigenvalue weighted by Gasteiger charge is -2.38. The van der Waals surface area contributed by atoms with Gasteiger partial charge in [-0.2, -0.15) is 0 Å². The molecule has 4 saturated heterocycles. The molecule has 4 rings (SSSR count). The van der Waals surface area contributed by atoms with E-state index in [1.54, 1.807) is 0 Å². The minimum atomic E-state index is 0.691. The summed E-state index contributed by atoms with van der Waals surface area (Å²) in [5.41, 5.74) is 7.34. The Labute approximate surface area is 116 Å². The Bertz CT molecular complexity index is 308. The maximum absolute atomic E-state index is 3.71. The Balaban J connectivity index is 1.27. The maximum atomic E-state index is 3.71. The monoisotopic (exact) mass is 264 g/mol. The molecular weight excluding hydrogens is 236 g/mol. The fraction of sp³-hybridized carbons (Fsp3) is 1.00. The van der Waals surface area contributed by atoms with Gasteiger partial charge in [0.2, 0.25) is 0 Å². The van der Waals surface area contributed by atoms with Crippen LogP contribution >= 0.6 is 0 Å². The molecule has 108 valence electrons. The first-order valence-electron chi connectivity index (χ1n) is 8.27. The van der Waals surface area contributed by atoms with Gasteiger partial charge in [0, 0.05) is 36.3 Å². The van der Waals surface area contributed by atoms with Crippen molar-refractivity contribution in [2.24, 2.45) is 0 Å². The van der Waals surface area contributed by atoms with E-state index in [9.17, 15) is 0 Å². The van der Waals surface area contributed by atoms with Crippen molar-refractivity contribution in [1.29, 1.82) is 0 Å². The van der Waals surface area contributed by atoms with Crippen LogP contribution in [0.25, 0.3) is 0 Å². The van der Waals surface area contributed by atoms with Gasteiger partial charge in [-0.25, -0.2) is 0 Å². The van der Waals surface area contributed by atoms with Gasteiger partial charge in [0.25, 0.3) is 0 Å². The fourth-order valence-electron chi connectivity index (χ4n) is 4.94. The molecular formula is C15H28N4. The minimum absolute atomic E-state index is 0.691. The van der Waals surface area contributed by atoms with Crippen LogP contribution in [0.2, 0.25) is 0 Å². The van der Waals surface area contributed by atoms with Gasteiger partial charge in [-0.05, 0) is 58.4 Å². The van der Waals surface area contributed by atoms with E-state index in [2.05, 4.69) is 28.1 Å². The zero-order chi connectivity index (χ0) is 12.8. The summed E-state index contributed by atoms with van der Waals surface area (Å²) in [6.45, 7) is 0. The van der Waals surface area contributed by atoms with E-state index in [-0.39, 0.29) is 0 Å². The molecule has 0 saturated carbocycles. The fourth-order valence-corrected chi connectivity index (χ4v) is 4.94. The molecule has 4 heteroatoms. The van der Waals surface area contributed by atoms with Crippen molar-refractivity contribution >= 4 is 0 Å². The third kappa shape index (κ3) is 2.44. The van der Waals surface area contributed by atoms with Crippen LogP contribution in [-0.4, -0.2) is 48.2 Å². The summed E-state index contributed by atoms with van der Waals surface area (Å²) in [6, 6.07) is 4.63. The van der Waals surface area contributed by atoms with E-state index >= 15 is 0 Å². The van der Waals surface area contributed by atoms with Crippen LogP contribution in [0.4, 0.5) is 0 Å². The van der Waals surface area contributed by atoms with Gasteiger partial charge < -0.3 is 10.2 Å². The lowest BCUT2D eigenvalue weighted by atomic mass is 9.98. The number of fused-ring (bicyclic) bond motifs is 4. The number of hydrogen-bond donors (Lipinski definition) is 3. The number of piperidine rings is 2. The highest BCUT2D eigenvalue weighted by atomic mass is 15.4. The van der Waals surface area contributed by atoms with Gasteiger partial charge in [-0.15, -0.1) is 0 Å². The predicted octanol–water partition coefficient (Wildman–Crippen LogP) is 0.989. The highest BCUT2D eigenvalue weighted by Crippen LogP contribution is 2.34. The zero-order valence-electron chi connectivity index (χ0n) is 12.1. The van der Waals surface area contributed by atoms with Crippen LogP contribution < -0.4 is 16.2 Å². The van der Waals surface area contributed by atoms with Crippen molar-refractivity contribution in [3.05, 3.63) is 0 Å². The summed E-state index contributed by atoms with van der Waals surface area (Å²) >= 11 is 0. The maximum Gasteiger partial charge on any atom is 0.0242 e. The van der Waals surface area contributed by atoms with Crippen molar-refractivity contribution in [3.63, 3.8) is 0 Å². The normalized spacial score (nSPS) is 49.7. The molecule has 0 aromatic carbocycles. The summed E-state index contributed by atoms with van der Waals surface area (Å²) in [4.78, 5) is 2.61. The largest absolute Gasteiger partial charge is 0.311 e. The van der Waals surface area contributed by atoms with Crippen LogP contribution in [-0.2, 0) is 0 Å². The first kappa shape index (κ1) is 12.6. The van der Waals surface area contributed by atoms with Crippen LogP contribution in [0.3, 0.4) is 0 Å². The molecule has 4 atom stereocenters. The SMILES string of the molecule is CN1C2CCC1CC(NNC1CC3CCC(C1)N3)C2. The third-order valence-corrected chi connectivity index (χ3v) is 6.06. The molecule has 4 unspecified atom stereocenters. The summed E-state index contributed by atoms with van der Waals surface area (Å²) in [6.07, 6.45) is 10.9. The molecule has 0 radical (unpaired) electrons. The molecule has 4 aliphatic rings. The Hall–Kier alpha value is -0.160. The first-order valence-corrected chi connectivity index (χ1v) is 8.27. The van der Waals surface area contributed by atoms with Gasteiger partial charge in [0.15, 0.2) is 0 Å². The third-order valence-electron chi connectivity index (χ3n) is 6.06. The van der Waals surface area contributed by atoms with E-state index in [1.807, 2.05) is 0 Å². The van der Waals surface area contributed by atoms with Gasteiger partial charge in [0.1, 0.15) is 0 Å². The number of hydrogen-bond acceptors (Lipinski definition) is 4. The van der Waals surface area contributed by atoms with E-state index in [0.717, 1.165) is 24.2 Å². The number of hydrazine groups is 1. The molecule has 4 aliphatic heterocycles. The molecule has 19 heavy (non-hydrogen) atoms. The summed E-state index contributed by atoms with van der Waals surface area (Å²) in [5.74, 6) is 0. The lowest BCUT2D eigenvalue weighted by Crippen LogP contribution is -2.56. The quantitative estimate of drug-likeness (QED) is 0.665. The van der Waals surface area contributed by atoms with E-state index in [0.29, 0.717) is 12.1 Å². The van der Waals surface area contributed by atoms with E-state index < -0.39 is 0 Å². The highest BCUT2D eigenvalue weighted by Gasteiger charge is 2.39. The van der Waals surface area contributed by atoms with Crippen molar-refractivity contribution < 1.29 is 0 Å². The van der Waals surface area contributed by atoms with Crippen LogP contribution in [0.1, 0.15) is 51.4 Å². The molecule has 4 bridgehead atoms. The van der Waals surface area contributed by atoms with E-state index in [1.165, 1.54) is 51.4 Å². The highest BCUT2D eigenvalue weighted by molar-refractivity contribution is 4.97. The predicted molar refractivity (Wildman–Crippen MR) is 76.8 cm³/mol. The van der Waals surface area contributed by atoms with Crippen LogP contribution in [0.15, 0.2) is 0 Å². The summed E-state index contributed by atoms with van der Waals surface area (Å²) in [5, 5.41) is 3.71. The molecule has 0 aromatic rings. The van der Waals surface area contributed by atoms with Gasteiger partial charge in [-0.3, -0.25) is 10.9 Å². The Morgan fingerprint density at radius 1 is 0.789 bits per heavy atom. The molecule has 0 aliphatic carbocycles. The van der Waals surface area contributed by atoms with Crippen molar-refractivity contribution in [2.75, 3.05) is 7.05 Å². The Morgan fingerprint density at radius 2 is 1.32 bits per heavy atom. The molecule has 0 spiro atoms. The topological polar surface area (TPSA) is 39.3 Å². The summed E-state index contributed by atoms with van der Waals surface area (Å²) < 4.78 is 0. The lowest BCUT2D eigenvalue weighted by molar-refractivity contribution is 0.135. The number of rotatable bonds is 3. The molecule has 0 aromatic heterocycles. The Morgan fingerprint density at radius 3 is 1.89 bits per heavy atom. The second-order valence-corrected chi connectivity index (χ2v) is 7.31. The van der Waals surface area contributed by atoms with Gasteiger partial charge in [-0.1, -0.05) is 0 Å². The zero-order valence-corrected chi connectivity index (χ0v) is 12.1. The number of nitrogens with zero attached hydrogens (tertiary/aromatic N) is 1. The second-order valence-electron chi connectivity index (χ2n) is 7.31. The van der Waals surface area contributed by atoms with E-state index in [4.69, 9.17) is 0 Å².